The van der Waals surface area contributed by atoms with Gasteiger partial charge in [-0.05, 0) is 51.0 Å². The highest BCUT2D eigenvalue weighted by Crippen LogP contribution is 2.50. The van der Waals surface area contributed by atoms with Gasteiger partial charge in [-0.15, -0.1) is 11.3 Å². The van der Waals surface area contributed by atoms with E-state index in [4.69, 9.17) is 4.74 Å². The van der Waals surface area contributed by atoms with E-state index in [0.29, 0.717) is 5.69 Å². The molecule has 2 fully saturated rings. The van der Waals surface area contributed by atoms with Gasteiger partial charge in [-0.25, -0.2) is 15.0 Å². The Kier molecular flexibility index (Phi) is 6.16. The van der Waals surface area contributed by atoms with Crippen LogP contribution in [0.1, 0.15) is 61.5 Å². The molecule has 2 aromatic heterocycles. The van der Waals surface area contributed by atoms with Gasteiger partial charge in [0.05, 0.1) is 5.92 Å². The number of hydrogen-bond acceptors (Lipinski definition) is 7. The van der Waals surface area contributed by atoms with Crippen LogP contribution in [0.5, 0.6) is 0 Å². The van der Waals surface area contributed by atoms with Gasteiger partial charge in [0.25, 0.3) is 5.91 Å². The molecule has 34 heavy (non-hydrogen) atoms. The zero-order valence-electron chi connectivity index (χ0n) is 19.3. The maximum atomic E-state index is 12.9. The minimum absolute atomic E-state index is 0.0349. The van der Waals surface area contributed by atoms with Gasteiger partial charge in [-0.2, -0.15) is 0 Å². The molecule has 5 rings (SSSR count). The van der Waals surface area contributed by atoms with Crippen molar-refractivity contribution in [2.45, 2.75) is 57.1 Å². The fourth-order valence-electron chi connectivity index (χ4n) is 5.50. The van der Waals surface area contributed by atoms with Gasteiger partial charge in [-0.1, -0.05) is 30.3 Å². The smallest absolute Gasteiger partial charge is 0.310 e. The minimum atomic E-state index is -0.527. The summed E-state index contributed by atoms with van der Waals surface area (Å²) < 4.78 is 5.84. The molecule has 3 heterocycles. The number of nitrogens with one attached hydrogen (secondary N) is 1. The van der Waals surface area contributed by atoms with Crippen LogP contribution in [-0.2, 0) is 9.53 Å². The summed E-state index contributed by atoms with van der Waals surface area (Å²) in [6.45, 7) is 4.02. The van der Waals surface area contributed by atoms with E-state index in [1.165, 1.54) is 17.7 Å². The number of benzene rings is 1. The van der Waals surface area contributed by atoms with Gasteiger partial charge in [0.15, 0.2) is 0 Å². The SMILES string of the molecule is CC1(C)OC(=O)C(C2CCC(NC(=O)c3csc(-c4cncnc4)n3)CC2)[C@H]1c1ccccc1. The van der Waals surface area contributed by atoms with E-state index in [-0.39, 0.29) is 35.7 Å². The lowest BCUT2D eigenvalue weighted by Gasteiger charge is -2.35. The highest BCUT2D eigenvalue weighted by Gasteiger charge is 2.53. The predicted molar refractivity (Wildman–Crippen MR) is 129 cm³/mol. The third-order valence-electron chi connectivity index (χ3n) is 7.06. The third kappa shape index (κ3) is 4.46. The largest absolute Gasteiger partial charge is 0.459 e. The van der Waals surface area contributed by atoms with E-state index in [9.17, 15) is 9.59 Å². The van der Waals surface area contributed by atoms with Crippen LogP contribution in [0, 0.1) is 11.8 Å². The topological polar surface area (TPSA) is 94.1 Å². The van der Waals surface area contributed by atoms with Crippen LogP contribution in [0.2, 0.25) is 0 Å². The molecule has 3 aromatic rings. The van der Waals surface area contributed by atoms with E-state index >= 15 is 0 Å². The van der Waals surface area contributed by atoms with E-state index in [0.717, 1.165) is 41.8 Å². The first-order chi connectivity index (χ1) is 16.4. The van der Waals surface area contributed by atoms with Crippen molar-refractivity contribution < 1.29 is 14.3 Å². The van der Waals surface area contributed by atoms with Gasteiger partial charge in [-0.3, -0.25) is 9.59 Å². The van der Waals surface area contributed by atoms with Crippen LogP contribution in [0.15, 0.2) is 54.4 Å². The summed E-state index contributed by atoms with van der Waals surface area (Å²) in [5.41, 5.74) is 1.84. The Balaban J connectivity index is 1.22. The van der Waals surface area contributed by atoms with Gasteiger partial charge >= 0.3 is 5.97 Å². The lowest BCUT2D eigenvalue weighted by molar-refractivity contribution is -0.149. The standard InChI is InChI=1S/C26H28N4O3S/c1-26(2)22(17-6-4-3-5-7-17)21(25(32)33-26)16-8-10-19(11-9-16)29-23(31)20-14-34-24(30-20)18-12-27-15-28-13-18/h3-7,12-16,19,21-22H,8-11H2,1-2H3,(H,29,31)/t16?,19?,21?,22-/m1/s1. The monoisotopic (exact) mass is 476 g/mol. The summed E-state index contributed by atoms with van der Waals surface area (Å²) in [6.07, 6.45) is 8.29. The van der Waals surface area contributed by atoms with Crippen molar-refractivity contribution in [2.24, 2.45) is 11.8 Å². The summed E-state index contributed by atoms with van der Waals surface area (Å²) in [5, 5.41) is 5.63. The second kappa shape index (κ2) is 9.25. The number of hydrogen-bond donors (Lipinski definition) is 1. The van der Waals surface area contributed by atoms with Crippen LogP contribution in [0.25, 0.3) is 10.6 Å². The van der Waals surface area contributed by atoms with Crippen molar-refractivity contribution in [3.63, 3.8) is 0 Å². The van der Waals surface area contributed by atoms with E-state index in [2.05, 4.69) is 32.4 Å². The molecule has 7 nitrogen and oxygen atoms in total. The maximum Gasteiger partial charge on any atom is 0.310 e. The average molecular weight is 477 g/mol. The molecular weight excluding hydrogens is 448 g/mol. The fraction of sp³-hybridized carbons (Fsp3) is 0.423. The zero-order valence-corrected chi connectivity index (χ0v) is 20.1. The zero-order chi connectivity index (χ0) is 23.7. The summed E-state index contributed by atoms with van der Waals surface area (Å²) >= 11 is 1.40. The van der Waals surface area contributed by atoms with Crippen molar-refractivity contribution in [3.8, 4) is 10.6 Å². The first-order valence-electron chi connectivity index (χ1n) is 11.7. The Bertz CT molecular complexity index is 1160. The van der Waals surface area contributed by atoms with E-state index in [1.807, 2.05) is 32.0 Å². The normalized spacial score (nSPS) is 26.1. The quantitative estimate of drug-likeness (QED) is 0.540. The molecule has 1 N–H and O–H groups in total. The Hall–Kier alpha value is -3.13. The highest BCUT2D eigenvalue weighted by atomic mass is 32.1. The second-order valence-corrected chi connectivity index (χ2v) is 10.5. The Morgan fingerprint density at radius 3 is 2.50 bits per heavy atom. The van der Waals surface area contributed by atoms with Crippen LogP contribution in [-0.4, -0.2) is 38.5 Å². The molecule has 2 aliphatic rings. The number of aromatic nitrogens is 3. The average Bonchev–Trinajstić information content (AvgIpc) is 3.43. The van der Waals surface area contributed by atoms with Crippen molar-refractivity contribution in [2.75, 3.05) is 0 Å². The molecule has 2 atom stereocenters. The molecule has 176 valence electrons. The molecule has 8 heteroatoms. The second-order valence-electron chi connectivity index (χ2n) is 9.69. The molecule has 1 aromatic carbocycles. The van der Waals surface area contributed by atoms with Crippen molar-refractivity contribution in [1.29, 1.82) is 0 Å². The Morgan fingerprint density at radius 2 is 1.79 bits per heavy atom. The molecule has 1 unspecified atom stereocenters. The van der Waals surface area contributed by atoms with Crippen molar-refractivity contribution >= 4 is 23.2 Å². The summed E-state index contributed by atoms with van der Waals surface area (Å²) in [4.78, 5) is 38.2. The Morgan fingerprint density at radius 1 is 1.09 bits per heavy atom. The van der Waals surface area contributed by atoms with Crippen LogP contribution in [0.4, 0.5) is 0 Å². The van der Waals surface area contributed by atoms with E-state index in [1.54, 1.807) is 17.8 Å². The Labute approximate surface area is 203 Å². The molecule has 0 bridgehead atoms. The number of ether oxygens (including phenoxy) is 1. The van der Waals surface area contributed by atoms with Crippen molar-refractivity contribution in [3.05, 3.63) is 65.7 Å². The summed E-state index contributed by atoms with van der Waals surface area (Å²) in [6, 6.07) is 10.3. The van der Waals surface area contributed by atoms with Crippen LogP contribution < -0.4 is 5.32 Å². The molecule has 0 radical (unpaired) electrons. The lowest BCUT2D eigenvalue weighted by atomic mass is 9.68. The number of thiazole rings is 1. The van der Waals surface area contributed by atoms with Gasteiger partial charge in [0.2, 0.25) is 0 Å². The van der Waals surface area contributed by atoms with Crippen LogP contribution in [0.3, 0.4) is 0 Å². The first kappa shape index (κ1) is 22.7. The number of amides is 1. The number of nitrogens with zero attached hydrogens (tertiary/aromatic N) is 3. The number of esters is 1. The van der Waals surface area contributed by atoms with E-state index < -0.39 is 5.60 Å². The summed E-state index contributed by atoms with van der Waals surface area (Å²) in [5.74, 6) is -0.120. The molecule has 1 amide bonds. The fourth-order valence-corrected chi connectivity index (χ4v) is 6.27. The first-order valence-corrected chi connectivity index (χ1v) is 12.6. The molecular formula is C26H28N4O3S. The molecule has 0 spiro atoms. The molecule has 1 saturated carbocycles. The third-order valence-corrected chi connectivity index (χ3v) is 7.95. The van der Waals surface area contributed by atoms with Gasteiger partial charge in [0.1, 0.15) is 22.6 Å². The van der Waals surface area contributed by atoms with Gasteiger partial charge in [0, 0.05) is 35.3 Å². The molecule has 1 saturated heterocycles. The maximum absolute atomic E-state index is 12.9. The number of rotatable bonds is 5. The summed E-state index contributed by atoms with van der Waals surface area (Å²) in [7, 11) is 0. The molecule has 1 aliphatic carbocycles. The van der Waals surface area contributed by atoms with Gasteiger partial charge < -0.3 is 10.1 Å². The highest BCUT2D eigenvalue weighted by molar-refractivity contribution is 7.13. The number of cyclic esters (lactones) is 1. The number of carbonyl (C=O) groups excluding carboxylic acids is 2. The number of carbonyl (C=O) groups is 2. The minimum Gasteiger partial charge on any atom is -0.459 e. The van der Waals surface area contributed by atoms with Crippen LogP contribution >= 0.6 is 11.3 Å². The predicted octanol–water partition coefficient (Wildman–Crippen LogP) is 4.62. The van der Waals surface area contributed by atoms with Crippen molar-refractivity contribution in [1.82, 2.24) is 20.3 Å². The molecule has 1 aliphatic heterocycles. The lowest BCUT2D eigenvalue weighted by Crippen LogP contribution is -2.40.